The zero-order valence-electron chi connectivity index (χ0n) is 14.3. The number of H-pyrrole nitrogens is 1. The Hall–Kier alpha value is -2.55. The van der Waals surface area contributed by atoms with Crippen molar-refractivity contribution in [3.8, 4) is 0 Å². The Morgan fingerprint density at radius 3 is 2.70 bits per heavy atom. The Morgan fingerprint density at radius 2 is 2.00 bits per heavy atom. The van der Waals surface area contributed by atoms with Crippen LogP contribution in [0, 0.1) is 0 Å². The van der Waals surface area contributed by atoms with Crippen molar-refractivity contribution in [3.63, 3.8) is 0 Å². The first-order chi connectivity index (χ1) is 12.7. The van der Waals surface area contributed by atoms with Crippen LogP contribution in [0.15, 0.2) is 35.3 Å². The largest absolute Gasteiger partial charge is 0.416 e. The molecule has 144 valence electrons. The van der Waals surface area contributed by atoms with Gasteiger partial charge in [-0.05, 0) is 18.6 Å². The van der Waals surface area contributed by atoms with Crippen LogP contribution in [0.3, 0.4) is 0 Å². The minimum Gasteiger partial charge on any atom is -0.355 e. The van der Waals surface area contributed by atoms with E-state index in [0.717, 1.165) is 6.07 Å². The van der Waals surface area contributed by atoms with E-state index in [9.17, 15) is 22.8 Å². The van der Waals surface area contributed by atoms with Crippen molar-refractivity contribution in [2.45, 2.75) is 25.7 Å². The average Bonchev–Trinajstić information content (AvgIpc) is 2.60. The highest BCUT2D eigenvalue weighted by atomic mass is 35.5. The minimum atomic E-state index is -4.49. The number of hydrogen-bond acceptors (Lipinski definition) is 4. The minimum absolute atomic E-state index is 0.0369. The van der Waals surface area contributed by atoms with E-state index < -0.39 is 17.3 Å². The summed E-state index contributed by atoms with van der Waals surface area (Å²) in [6, 6.07) is 4.93. The van der Waals surface area contributed by atoms with Crippen LogP contribution in [0.5, 0.6) is 0 Å². The quantitative estimate of drug-likeness (QED) is 0.860. The third-order valence-corrected chi connectivity index (χ3v) is 4.81. The normalized spacial score (nSPS) is 18.1. The van der Waals surface area contributed by atoms with Crippen LogP contribution in [0.1, 0.15) is 18.1 Å². The van der Waals surface area contributed by atoms with Gasteiger partial charge in [-0.3, -0.25) is 9.59 Å². The summed E-state index contributed by atoms with van der Waals surface area (Å²) in [7, 11) is 0. The van der Waals surface area contributed by atoms with E-state index >= 15 is 0 Å². The molecule has 27 heavy (non-hydrogen) atoms. The van der Waals surface area contributed by atoms with Crippen LogP contribution in [-0.4, -0.2) is 40.1 Å². The van der Waals surface area contributed by atoms with E-state index in [0.29, 0.717) is 5.69 Å². The topological polar surface area (TPSA) is 69.3 Å². The number of aromatic nitrogens is 2. The molecule has 0 unspecified atom stereocenters. The maximum absolute atomic E-state index is 13.2. The van der Waals surface area contributed by atoms with Crippen molar-refractivity contribution in [2.75, 3.05) is 18.0 Å². The van der Waals surface area contributed by atoms with E-state index in [4.69, 9.17) is 11.6 Å². The molecule has 1 aromatic heterocycles. The second-order valence-electron chi connectivity index (χ2n) is 6.30. The highest BCUT2D eigenvalue weighted by molar-refractivity contribution is 6.33. The molecule has 2 heterocycles. The zero-order chi connectivity index (χ0) is 19.8. The van der Waals surface area contributed by atoms with Crippen molar-refractivity contribution in [2.24, 2.45) is 0 Å². The van der Waals surface area contributed by atoms with E-state index in [1.165, 1.54) is 29.3 Å². The van der Waals surface area contributed by atoms with E-state index in [2.05, 4.69) is 10.2 Å². The number of amides is 1. The third kappa shape index (κ3) is 3.92. The summed E-state index contributed by atoms with van der Waals surface area (Å²) in [5.74, 6) is -0.360. The van der Waals surface area contributed by atoms with Crippen molar-refractivity contribution in [3.05, 3.63) is 57.0 Å². The molecule has 1 saturated heterocycles. The lowest BCUT2D eigenvalue weighted by molar-refractivity contribution is -0.140. The molecule has 1 amide bonds. The molecule has 0 bridgehead atoms. The molecule has 0 aliphatic carbocycles. The summed E-state index contributed by atoms with van der Waals surface area (Å²) in [6.45, 7) is 1.73. The zero-order valence-corrected chi connectivity index (χ0v) is 15.0. The van der Waals surface area contributed by atoms with Gasteiger partial charge >= 0.3 is 6.18 Å². The first-order valence-corrected chi connectivity index (χ1v) is 8.49. The van der Waals surface area contributed by atoms with Crippen LogP contribution >= 0.6 is 11.6 Å². The molecule has 3 rings (SSSR count). The first kappa shape index (κ1) is 19.2. The fraction of sp³-hybridized carbons (Fsp3) is 0.353. The Balaban J connectivity index is 1.82. The monoisotopic (exact) mass is 400 g/mol. The number of hydrogen-bond donors (Lipinski definition) is 1. The van der Waals surface area contributed by atoms with Crippen LogP contribution in [-0.2, 0) is 17.5 Å². The van der Waals surface area contributed by atoms with Crippen LogP contribution in [0.2, 0.25) is 5.02 Å². The number of aromatic amines is 1. The number of nitrogens with one attached hydrogen (secondary N) is 1. The standard InChI is InChI=1S/C17H16ClF3N4O2/c1-10-7-24(8-11-4-2-3-5-12(11)17(19,20)21)14(26)9-25(10)13-6-22-23-16(27)15(13)18/h2-6,10H,7-9H2,1H3,(H,23,27)/t10-/m1/s1. The van der Waals surface area contributed by atoms with E-state index in [-0.39, 0.29) is 42.2 Å². The number of alkyl halides is 3. The average molecular weight is 401 g/mol. The fourth-order valence-electron chi connectivity index (χ4n) is 3.11. The third-order valence-electron chi connectivity index (χ3n) is 4.45. The number of anilines is 1. The van der Waals surface area contributed by atoms with Crippen LogP contribution < -0.4 is 10.5 Å². The summed E-state index contributed by atoms with van der Waals surface area (Å²) in [4.78, 5) is 27.2. The lowest BCUT2D eigenvalue weighted by Crippen LogP contribution is -2.55. The predicted octanol–water partition coefficient (Wildman–Crippen LogP) is 2.68. The molecule has 0 saturated carbocycles. The van der Waals surface area contributed by atoms with Gasteiger partial charge in [0.2, 0.25) is 5.91 Å². The number of rotatable bonds is 3. The van der Waals surface area contributed by atoms with Gasteiger partial charge in [0.15, 0.2) is 0 Å². The van der Waals surface area contributed by atoms with E-state index in [1.807, 2.05) is 0 Å². The number of benzene rings is 1. The number of carbonyl (C=O) groups excluding carboxylic acids is 1. The first-order valence-electron chi connectivity index (χ1n) is 8.11. The number of piperazine rings is 1. The fourth-order valence-corrected chi connectivity index (χ4v) is 3.31. The van der Waals surface area contributed by atoms with Crippen LogP contribution in [0.4, 0.5) is 18.9 Å². The van der Waals surface area contributed by atoms with E-state index in [1.54, 1.807) is 11.8 Å². The number of halogens is 4. The lowest BCUT2D eigenvalue weighted by atomic mass is 10.0. The van der Waals surface area contributed by atoms with Gasteiger partial charge in [-0.1, -0.05) is 29.8 Å². The molecular formula is C17H16ClF3N4O2. The molecular weight excluding hydrogens is 385 g/mol. The maximum Gasteiger partial charge on any atom is 0.416 e. The molecule has 2 aromatic rings. The molecule has 1 aliphatic rings. The van der Waals surface area contributed by atoms with Crippen molar-refractivity contribution in [1.29, 1.82) is 0 Å². The summed E-state index contributed by atoms with van der Waals surface area (Å²) in [5, 5.41) is 5.81. The molecule has 1 aromatic carbocycles. The van der Waals surface area contributed by atoms with Gasteiger partial charge in [0.25, 0.3) is 5.56 Å². The second kappa shape index (κ2) is 7.22. The lowest BCUT2D eigenvalue weighted by Gasteiger charge is -2.40. The summed E-state index contributed by atoms with van der Waals surface area (Å²) >= 11 is 6.00. The molecule has 0 spiro atoms. The molecule has 1 fully saturated rings. The highest BCUT2D eigenvalue weighted by Crippen LogP contribution is 2.33. The molecule has 1 aliphatic heterocycles. The molecule has 1 N–H and O–H groups in total. The molecule has 10 heteroatoms. The summed E-state index contributed by atoms with van der Waals surface area (Å²) in [5.41, 5.74) is -0.975. The smallest absolute Gasteiger partial charge is 0.355 e. The summed E-state index contributed by atoms with van der Waals surface area (Å²) < 4.78 is 39.5. The van der Waals surface area contributed by atoms with Crippen molar-refractivity contribution in [1.82, 2.24) is 15.1 Å². The maximum atomic E-state index is 13.2. The Labute approximate surface area is 157 Å². The number of carbonyl (C=O) groups is 1. The van der Waals surface area contributed by atoms with Crippen molar-refractivity contribution >= 4 is 23.2 Å². The van der Waals surface area contributed by atoms with Gasteiger partial charge < -0.3 is 9.80 Å². The van der Waals surface area contributed by atoms with Gasteiger partial charge in [-0.25, -0.2) is 5.10 Å². The van der Waals surface area contributed by atoms with Gasteiger partial charge in [-0.2, -0.15) is 18.3 Å². The van der Waals surface area contributed by atoms with Gasteiger partial charge in [0, 0.05) is 19.1 Å². The molecule has 6 nitrogen and oxygen atoms in total. The van der Waals surface area contributed by atoms with Gasteiger partial charge in [0.1, 0.15) is 5.02 Å². The van der Waals surface area contributed by atoms with Crippen molar-refractivity contribution < 1.29 is 18.0 Å². The Morgan fingerprint density at radius 1 is 1.30 bits per heavy atom. The van der Waals surface area contributed by atoms with Gasteiger partial charge in [0.05, 0.1) is 24.0 Å². The Bertz CT molecular complexity index is 916. The SMILES string of the molecule is C[C@@H]1CN(Cc2ccccc2C(F)(F)F)C(=O)CN1c1cn[nH]c(=O)c1Cl. The predicted molar refractivity (Wildman–Crippen MR) is 93.5 cm³/mol. The number of nitrogens with zero attached hydrogens (tertiary/aromatic N) is 3. The Kier molecular flexibility index (Phi) is 5.14. The molecule has 0 radical (unpaired) electrons. The molecule has 1 atom stereocenters. The highest BCUT2D eigenvalue weighted by Gasteiger charge is 2.36. The van der Waals surface area contributed by atoms with Gasteiger partial charge in [-0.15, -0.1) is 0 Å². The summed E-state index contributed by atoms with van der Waals surface area (Å²) in [6.07, 6.45) is -3.14. The van der Waals surface area contributed by atoms with Crippen LogP contribution in [0.25, 0.3) is 0 Å². The second-order valence-corrected chi connectivity index (χ2v) is 6.68.